The lowest BCUT2D eigenvalue weighted by Crippen LogP contribution is -2.23. The van der Waals surface area contributed by atoms with Gasteiger partial charge in [-0.05, 0) is 38.1 Å². The van der Waals surface area contributed by atoms with E-state index in [1.165, 1.54) is 7.05 Å². The van der Waals surface area contributed by atoms with Gasteiger partial charge in [0.05, 0.1) is 11.9 Å². The molecular formula is C15H17F3N4O2S. The Hall–Kier alpha value is -2.23. The van der Waals surface area contributed by atoms with Crippen molar-refractivity contribution < 1.29 is 22.7 Å². The number of hydrogen-bond donors (Lipinski definition) is 1. The highest BCUT2D eigenvalue weighted by Crippen LogP contribution is 2.31. The molecule has 0 saturated carbocycles. The number of rotatable bonds is 6. The first-order valence-corrected chi connectivity index (χ1v) is 8.27. The van der Waals surface area contributed by atoms with Crippen LogP contribution in [0.3, 0.4) is 0 Å². The first-order chi connectivity index (χ1) is 11.7. The molecule has 1 aromatic carbocycles. The Labute approximate surface area is 146 Å². The van der Waals surface area contributed by atoms with Crippen molar-refractivity contribution in [1.82, 2.24) is 14.8 Å². The Morgan fingerprint density at radius 1 is 1.32 bits per heavy atom. The van der Waals surface area contributed by atoms with E-state index in [9.17, 15) is 18.0 Å². The SMILES string of the molecule is CCOc1ccc(NC(=O)[C@@H](C)Sc2nnc(C(F)(F)F)n2C)cc1. The van der Waals surface area contributed by atoms with Crippen LogP contribution in [-0.2, 0) is 18.0 Å². The van der Waals surface area contributed by atoms with Crippen LogP contribution in [0.4, 0.5) is 18.9 Å². The van der Waals surface area contributed by atoms with Gasteiger partial charge < -0.3 is 14.6 Å². The number of anilines is 1. The number of aromatic nitrogens is 3. The molecule has 0 unspecified atom stereocenters. The Morgan fingerprint density at radius 2 is 1.96 bits per heavy atom. The number of nitrogens with zero attached hydrogens (tertiary/aromatic N) is 3. The van der Waals surface area contributed by atoms with Crippen LogP contribution in [-0.4, -0.2) is 32.5 Å². The number of carbonyl (C=O) groups excluding carboxylic acids is 1. The zero-order valence-corrected chi connectivity index (χ0v) is 14.6. The van der Waals surface area contributed by atoms with E-state index in [4.69, 9.17) is 4.74 Å². The molecule has 2 rings (SSSR count). The van der Waals surface area contributed by atoms with Crippen LogP contribution < -0.4 is 10.1 Å². The van der Waals surface area contributed by atoms with E-state index in [1.54, 1.807) is 31.2 Å². The van der Waals surface area contributed by atoms with Gasteiger partial charge in [0.1, 0.15) is 5.75 Å². The van der Waals surface area contributed by atoms with Gasteiger partial charge in [-0.1, -0.05) is 11.8 Å². The van der Waals surface area contributed by atoms with E-state index in [-0.39, 0.29) is 11.1 Å². The van der Waals surface area contributed by atoms with Crippen LogP contribution in [0.5, 0.6) is 5.75 Å². The van der Waals surface area contributed by atoms with E-state index in [2.05, 4.69) is 15.5 Å². The third kappa shape index (κ3) is 4.88. The highest BCUT2D eigenvalue weighted by atomic mass is 32.2. The molecule has 25 heavy (non-hydrogen) atoms. The molecule has 1 aromatic heterocycles. The number of hydrogen-bond acceptors (Lipinski definition) is 5. The van der Waals surface area contributed by atoms with Gasteiger partial charge in [-0.2, -0.15) is 13.2 Å². The molecule has 0 aliphatic carbocycles. The van der Waals surface area contributed by atoms with Crippen LogP contribution >= 0.6 is 11.8 Å². The van der Waals surface area contributed by atoms with Crippen LogP contribution in [0.1, 0.15) is 19.7 Å². The summed E-state index contributed by atoms with van der Waals surface area (Å²) in [4.78, 5) is 12.2. The average molecular weight is 374 g/mol. The molecular weight excluding hydrogens is 357 g/mol. The normalized spacial score (nSPS) is 12.7. The van der Waals surface area contributed by atoms with Crippen molar-refractivity contribution in [3.63, 3.8) is 0 Å². The number of amides is 1. The third-order valence-electron chi connectivity index (χ3n) is 3.17. The zero-order valence-electron chi connectivity index (χ0n) is 13.8. The Bertz CT molecular complexity index is 731. The molecule has 0 aliphatic heterocycles. The fraction of sp³-hybridized carbons (Fsp3) is 0.400. The maximum Gasteiger partial charge on any atom is 0.451 e. The maximum absolute atomic E-state index is 12.7. The second-order valence-electron chi connectivity index (χ2n) is 5.07. The molecule has 1 atom stereocenters. The standard InChI is InChI=1S/C15H17F3N4O2S/c1-4-24-11-7-5-10(6-8-11)19-12(23)9(2)25-14-21-20-13(22(14)3)15(16,17)18/h5-9H,4H2,1-3H3,(H,19,23)/t9-/m1/s1. The Kier molecular flexibility index (Phi) is 5.93. The van der Waals surface area contributed by atoms with Crippen molar-refractivity contribution in [2.24, 2.45) is 7.05 Å². The van der Waals surface area contributed by atoms with Crippen molar-refractivity contribution in [1.29, 1.82) is 0 Å². The molecule has 0 radical (unpaired) electrons. The van der Waals surface area contributed by atoms with Gasteiger partial charge in [-0.15, -0.1) is 10.2 Å². The molecule has 1 amide bonds. The summed E-state index contributed by atoms with van der Waals surface area (Å²) < 4.78 is 44.3. The van der Waals surface area contributed by atoms with E-state index < -0.39 is 17.3 Å². The lowest BCUT2D eigenvalue weighted by atomic mass is 10.3. The fourth-order valence-corrected chi connectivity index (χ4v) is 2.74. The van der Waals surface area contributed by atoms with Crippen molar-refractivity contribution in [3.8, 4) is 5.75 Å². The van der Waals surface area contributed by atoms with Crippen molar-refractivity contribution in [3.05, 3.63) is 30.1 Å². The number of carbonyl (C=O) groups is 1. The second kappa shape index (κ2) is 7.77. The highest BCUT2D eigenvalue weighted by molar-refractivity contribution is 8.00. The summed E-state index contributed by atoms with van der Waals surface area (Å²) in [5.41, 5.74) is 0.565. The van der Waals surface area contributed by atoms with Crippen molar-refractivity contribution in [2.45, 2.75) is 30.4 Å². The van der Waals surface area contributed by atoms with E-state index in [1.807, 2.05) is 6.92 Å². The minimum absolute atomic E-state index is 0.0154. The summed E-state index contributed by atoms with van der Waals surface area (Å²) >= 11 is 0.898. The van der Waals surface area contributed by atoms with Crippen LogP contribution in [0.2, 0.25) is 0 Å². The molecule has 0 saturated heterocycles. The molecule has 0 aliphatic rings. The smallest absolute Gasteiger partial charge is 0.451 e. The molecule has 1 N–H and O–H groups in total. The lowest BCUT2D eigenvalue weighted by molar-refractivity contribution is -0.147. The van der Waals surface area contributed by atoms with Crippen molar-refractivity contribution >= 4 is 23.4 Å². The van der Waals surface area contributed by atoms with E-state index >= 15 is 0 Å². The van der Waals surface area contributed by atoms with Gasteiger partial charge in [0.2, 0.25) is 11.7 Å². The van der Waals surface area contributed by atoms with E-state index in [0.717, 1.165) is 16.3 Å². The number of benzene rings is 1. The molecule has 6 nitrogen and oxygen atoms in total. The third-order valence-corrected chi connectivity index (χ3v) is 4.31. The van der Waals surface area contributed by atoms with Gasteiger partial charge in [0.25, 0.3) is 0 Å². The number of thioether (sulfide) groups is 1. The first kappa shape index (κ1) is 19.1. The molecule has 136 valence electrons. The fourth-order valence-electron chi connectivity index (χ4n) is 1.92. The van der Waals surface area contributed by atoms with E-state index in [0.29, 0.717) is 18.0 Å². The second-order valence-corrected chi connectivity index (χ2v) is 6.38. The van der Waals surface area contributed by atoms with Gasteiger partial charge in [-0.3, -0.25) is 4.79 Å². The number of alkyl halides is 3. The Morgan fingerprint density at radius 3 is 2.48 bits per heavy atom. The summed E-state index contributed by atoms with van der Waals surface area (Å²) in [5.74, 6) is -0.776. The van der Waals surface area contributed by atoms with Gasteiger partial charge in [0.15, 0.2) is 5.16 Å². The molecule has 0 bridgehead atoms. The minimum Gasteiger partial charge on any atom is -0.494 e. The summed E-state index contributed by atoms with van der Waals surface area (Å²) in [5, 5.41) is 8.69. The molecule has 0 fully saturated rings. The summed E-state index contributed by atoms with van der Waals surface area (Å²) in [6.45, 7) is 3.98. The minimum atomic E-state index is -4.59. The summed E-state index contributed by atoms with van der Waals surface area (Å²) in [6, 6.07) is 6.80. The van der Waals surface area contributed by atoms with Crippen molar-refractivity contribution in [2.75, 3.05) is 11.9 Å². The lowest BCUT2D eigenvalue weighted by Gasteiger charge is -2.12. The van der Waals surface area contributed by atoms with Gasteiger partial charge in [0, 0.05) is 12.7 Å². The zero-order chi connectivity index (χ0) is 18.6. The number of halogens is 3. The van der Waals surface area contributed by atoms with Gasteiger partial charge in [-0.25, -0.2) is 0 Å². The molecule has 0 spiro atoms. The predicted molar refractivity (Wildman–Crippen MR) is 87.6 cm³/mol. The number of nitrogens with one attached hydrogen (secondary N) is 1. The van der Waals surface area contributed by atoms with Crippen LogP contribution in [0, 0.1) is 0 Å². The Balaban J connectivity index is 2.00. The maximum atomic E-state index is 12.7. The monoisotopic (exact) mass is 374 g/mol. The topological polar surface area (TPSA) is 69.0 Å². The van der Waals surface area contributed by atoms with Crippen LogP contribution in [0.15, 0.2) is 29.4 Å². The number of ether oxygens (including phenoxy) is 1. The molecule has 10 heteroatoms. The summed E-state index contributed by atoms with van der Waals surface area (Å²) in [7, 11) is 1.21. The molecule has 1 heterocycles. The highest BCUT2D eigenvalue weighted by Gasteiger charge is 2.37. The quantitative estimate of drug-likeness (QED) is 0.786. The molecule has 2 aromatic rings. The largest absolute Gasteiger partial charge is 0.494 e. The first-order valence-electron chi connectivity index (χ1n) is 7.39. The average Bonchev–Trinajstić information content (AvgIpc) is 2.90. The van der Waals surface area contributed by atoms with Crippen LogP contribution in [0.25, 0.3) is 0 Å². The van der Waals surface area contributed by atoms with Gasteiger partial charge >= 0.3 is 6.18 Å². The predicted octanol–water partition coefficient (Wildman–Crippen LogP) is 3.35. The summed E-state index contributed by atoms with van der Waals surface area (Å²) in [6.07, 6.45) is -4.59.